The van der Waals surface area contributed by atoms with E-state index in [4.69, 9.17) is 0 Å². The first kappa shape index (κ1) is 9.47. The SMILES string of the molecule is CCN(CC)C1CCC2(CNC2)C1. The minimum Gasteiger partial charge on any atom is -0.316 e. The molecule has 2 fully saturated rings. The zero-order chi connectivity index (χ0) is 9.31. The van der Waals surface area contributed by atoms with Crippen molar-refractivity contribution in [3.8, 4) is 0 Å². The normalized spacial score (nSPS) is 31.2. The fourth-order valence-corrected chi connectivity index (χ4v) is 3.03. The molecular formula is C11H22N2. The van der Waals surface area contributed by atoms with Crippen LogP contribution in [0.3, 0.4) is 0 Å². The highest BCUT2D eigenvalue weighted by atomic mass is 15.2. The average molecular weight is 182 g/mol. The second kappa shape index (κ2) is 3.58. The molecular weight excluding hydrogens is 160 g/mol. The summed E-state index contributed by atoms with van der Waals surface area (Å²) in [6.07, 6.45) is 4.34. The van der Waals surface area contributed by atoms with E-state index in [9.17, 15) is 0 Å². The Labute approximate surface area is 81.7 Å². The molecule has 1 aliphatic heterocycles. The van der Waals surface area contributed by atoms with Gasteiger partial charge in [-0.2, -0.15) is 0 Å². The Balaban J connectivity index is 1.89. The quantitative estimate of drug-likeness (QED) is 0.711. The first-order valence-corrected chi connectivity index (χ1v) is 5.74. The molecule has 2 heteroatoms. The second-order valence-corrected chi connectivity index (χ2v) is 4.72. The van der Waals surface area contributed by atoms with Crippen LogP contribution in [0.15, 0.2) is 0 Å². The second-order valence-electron chi connectivity index (χ2n) is 4.72. The van der Waals surface area contributed by atoms with Gasteiger partial charge in [0, 0.05) is 19.1 Å². The Morgan fingerprint density at radius 2 is 2.00 bits per heavy atom. The van der Waals surface area contributed by atoms with Crippen LogP contribution in [0.1, 0.15) is 33.1 Å². The number of nitrogens with one attached hydrogen (secondary N) is 1. The molecule has 1 saturated carbocycles. The predicted molar refractivity (Wildman–Crippen MR) is 55.9 cm³/mol. The fourth-order valence-electron chi connectivity index (χ4n) is 3.03. The van der Waals surface area contributed by atoms with Crippen molar-refractivity contribution in [2.75, 3.05) is 26.2 Å². The van der Waals surface area contributed by atoms with Gasteiger partial charge in [-0.3, -0.25) is 0 Å². The van der Waals surface area contributed by atoms with E-state index in [0.717, 1.165) is 6.04 Å². The highest BCUT2D eigenvalue weighted by molar-refractivity contribution is 5.00. The van der Waals surface area contributed by atoms with Crippen molar-refractivity contribution in [3.63, 3.8) is 0 Å². The minimum absolute atomic E-state index is 0.716. The van der Waals surface area contributed by atoms with Crippen molar-refractivity contribution in [1.29, 1.82) is 0 Å². The summed E-state index contributed by atoms with van der Waals surface area (Å²) >= 11 is 0. The van der Waals surface area contributed by atoms with E-state index in [-0.39, 0.29) is 0 Å². The van der Waals surface area contributed by atoms with E-state index in [1.165, 1.54) is 45.4 Å². The lowest BCUT2D eigenvalue weighted by Gasteiger charge is -2.40. The molecule has 0 aromatic carbocycles. The number of hydrogen-bond acceptors (Lipinski definition) is 2. The van der Waals surface area contributed by atoms with Gasteiger partial charge in [-0.25, -0.2) is 0 Å². The third-order valence-corrected chi connectivity index (χ3v) is 4.01. The summed E-state index contributed by atoms with van der Waals surface area (Å²) in [5, 5.41) is 3.42. The summed E-state index contributed by atoms with van der Waals surface area (Å²) < 4.78 is 0. The highest BCUT2D eigenvalue weighted by Crippen LogP contribution is 2.42. The summed E-state index contributed by atoms with van der Waals surface area (Å²) in [5.41, 5.74) is 0.716. The summed E-state index contributed by atoms with van der Waals surface area (Å²) in [4.78, 5) is 2.63. The van der Waals surface area contributed by atoms with E-state index >= 15 is 0 Å². The molecule has 1 aliphatic carbocycles. The van der Waals surface area contributed by atoms with Crippen LogP contribution in [0.4, 0.5) is 0 Å². The molecule has 1 spiro atoms. The maximum atomic E-state index is 3.42. The summed E-state index contributed by atoms with van der Waals surface area (Å²) in [7, 11) is 0. The smallest absolute Gasteiger partial charge is 0.0101 e. The topological polar surface area (TPSA) is 15.3 Å². The first-order valence-electron chi connectivity index (χ1n) is 5.74. The average Bonchev–Trinajstić information content (AvgIpc) is 2.51. The Morgan fingerprint density at radius 1 is 1.31 bits per heavy atom. The third kappa shape index (κ3) is 1.62. The molecule has 13 heavy (non-hydrogen) atoms. The molecule has 0 amide bonds. The zero-order valence-electron chi connectivity index (χ0n) is 8.97. The van der Waals surface area contributed by atoms with Gasteiger partial charge in [-0.15, -0.1) is 0 Å². The molecule has 0 aromatic rings. The van der Waals surface area contributed by atoms with Gasteiger partial charge >= 0.3 is 0 Å². The standard InChI is InChI=1S/C11H22N2/c1-3-13(4-2)10-5-6-11(7-10)8-12-9-11/h10,12H,3-9H2,1-2H3. The number of hydrogen-bond donors (Lipinski definition) is 1. The molecule has 76 valence electrons. The van der Waals surface area contributed by atoms with Crippen LogP contribution in [0.25, 0.3) is 0 Å². The van der Waals surface area contributed by atoms with Gasteiger partial charge in [0.25, 0.3) is 0 Å². The predicted octanol–water partition coefficient (Wildman–Crippen LogP) is 1.47. The molecule has 0 radical (unpaired) electrons. The van der Waals surface area contributed by atoms with E-state index in [1.54, 1.807) is 0 Å². The van der Waals surface area contributed by atoms with Gasteiger partial charge in [0.1, 0.15) is 0 Å². The van der Waals surface area contributed by atoms with Crippen molar-refractivity contribution in [2.45, 2.75) is 39.2 Å². The minimum atomic E-state index is 0.716. The third-order valence-electron chi connectivity index (χ3n) is 4.01. The van der Waals surface area contributed by atoms with Gasteiger partial charge in [0.05, 0.1) is 0 Å². The van der Waals surface area contributed by atoms with Crippen molar-refractivity contribution in [2.24, 2.45) is 5.41 Å². The molecule has 2 aliphatic rings. The van der Waals surface area contributed by atoms with Crippen LogP contribution in [0.2, 0.25) is 0 Å². The molecule has 1 N–H and O–H groups in total. The van der Waals surface area contributed by atoms with Gasteiger partial charge in [0.2, 0.25) is 0 Å². The van der Waals surface area contributed by atoms with Gasteiger partial charge < -0.3 is 10.2 Å². The van der Waals surface area contributed by atoms with E-state index in [1.807, 2.05) is 0 Å². The van der Waals surface area contributed by atoms with E-state index < -0.39 is 0 Å². The van der Waals surface area contributed by atoms with Crippen LogP contribution in [-0.4, -0.2) is 37.1 Å². The molecule has 0 bridgehead atoms. The van der Waals surface area contributed by atoms with Crippen molar-refractivity contribution in [3.05, 3.63) is 0 Å². The van der Waals surface area contributed by atoms with Crippen LogP contribution in [0, 0.1) is 5.41 Å². The maximum Gasteiger partial charge on any atom is 0.0101 e. The largest absolute Gasteiger partial charge is 0.316 e. The van der Waals surface area contributed by atoms with Crippen molar-refractivity contribution in [1.82, 2.24) is 10.2 Å². The lowest BCUT2D eigenvalue weighted by molar-refractivity contribution is 0.146. The maximum absolute atomic E-state index is 3.42. The molecule has 2 rings (SSSR count). The van der Waals surface area contributed by atoms with E-state index in [2.05, 4.69) is 24.1 Å². The molecule has 1 heterocycles. The van der Waals surface area contributed by atoms with Crippen LogP contribution < -0.4 is 5.32 Å². The van der Waals surface area contributed by atoms with Gasteiger partial charge in [-0.05, 0) is 37.8 Å². The van der Waals surface area contributed by atoms with Crippen LogP contribution in [0.5, 0.6) is 0 Å². The lowest BCUT2D eigenvalue weighted by atomic mass is 9.80. The highest BCUT2D eigenvalue weighted by Gasteiger charge is 2.44. The first-order chi connectivity index (χ1) is 6.29. The number of rotatable bonds is 3. The fraction of sp³-hybridized carbons (Fsp3) is 1.00. The Kier molecular flexibility index (Phi) is 2.61. The molecule has 0 aromatic heterocycles. The molecule has 1 saturated heterocycles. The Hall–Kier alpha value is -0.0800. The van der Waals surface area contributed by atoms with Crippen molar-refractivity contribution < 1.29 is 0 Å². The molecule has 2 nitrogen and oxygen atoms in total. The summed E-state index contributed by atoms with van der Waals surface area (Å²) in [6.45, 7) is 9.59. The summed E-state index contributed by atoms with van der Waals surface area (Å²) in [5.74, 6) is 0. The summed E-state index contributed by atoms with van der Waals surface area (Å²) in [6, 6.07) is 0.886. The van der Waals surface area contributed by atoms with E-state index in [0.29, 0.717) is 5.41 Å². The lowest BCUT2D eigenvalue weighted by Crippen LogP contribution is -2.52. The monoisotopic (exact) mass is 182 g/mol. The Morgan fingerprint density at radius 3 is 2.38 bits per heavy atom. The van der Waals surface area contributed by atoms with Crippen molar-refractivity contribution >= 4 is 0 Å². The van der Waals surface area contributed by atoms with Gasteiger partial charge in [0.15, 0.2) is 0 Å². The van der Waals surface area contributed by atoms with Crippen LogP contribution >= 0.6 is 0 Å². The van der Waals surface area contributed by atoms with Gasteiger partial charge in [-0.1, -0.05) is 13.8 Å². The molecule has 1 atom stereocenters. The molecule has 1 unspecified atom stereocenters. The zero-order valence-corrected chi connectivity index (χ0v) is 8.97. The number of nitrogens with zero attached hydrogens (tertiary/aromatic N) is 1. The van der Waals surface area contributed by atoms with Crippen LogP contribution in [-0.2, 0) is 0 Å². The Bertz CT molecular complexity index is 171.